The van der Waals surface area contributed by atoms with Crippen molar-refractivity contribution in [1.29, 1.82) is 0 Å². The van der Waals surface area contributed by atoms with Crippen LogP contribution in [0.25, 0.3) is 0 Å². The molecule has 0 aliphatic carbocycles. The van der Waals surface area contributed by atoms with Crippen molar-refractivity contribution in [3.8, 4) is 0 Å². The Balaban J connectivity index is 2.69. The molecule has 0 aliphatic heterocycles. The van der Waals surface area contributed by atoms with Gasteiger partial charge in [0.25, 0.3) is 0 Å². The number of nitrogens with one attached hydrogen (secondary N) is 1. The highest BCUT2D eigenvalue weighted by molar-refractivity contribution is 6.43. The van der Waals surface area contributed by atoms with Gasteiger partial charge in [-0.1, -0.05) is 43.1 Å². The number of nitrogens with zero attached hydrogens (tertiary/aromatic N) is 1. The molecule has 0 fully saturated rings. The van der Waals surface area contributed by atoms with E-state index in [-0.39, 0.29) is 29.9 Å². The fourth-order valence-corrected chi connectivity index (χ4v) is 2.23. The average molecular weight is 333 g/mol. The molecule has 0 bridgehead atoms. The lowest BCUT2D eigenvalue weighted by atomic mass is 10.2. The first kappa shape index (κ1) is 17.8. The summed E-state index contributed by atoms with van der Waals surface area (Å²) in [5.41, 5.74) is 0.411. The summed E-state index contributed by atoms with van der Waals surface area (Å²) < 4.78 is 0. The van der Waals surface area contributed by atoms with Gasteiger partial charge in [-0.25, -0.2) is 0 Å². The van der Waals surface area contributed by atoms with Crippen LogP contribution < -0.4 is 5.32 Å². The molecule has 1 aromatic carbocycles. The standard InChI is InChI=1S/C14H18Cl2N2O3/c1-9(2)6-18(8-13(20)21)7-12(19)17-11-5-3-4-10(15)14(11)16/h3-5,9H,6-8H2,1-2H3,(H,17,19)(H,20,21). The molecule has 5 nitrogen and oxygen atoms in total. The number of hydrogen-bond donors (Lipinski definition) is 2. The molecule has 0 aliphatic rings. The summed E-state index contributed by atoms with van der Waals surface area (Å²) in [6.07, 6.45) is 0. The summed E-state index contributed by atoms with van der Waals surface area (Å²) in [7, 11) is 0. The lowest BCUT2D eigenvalue weighted by Gasteiger charge is -2.21. The quantitative estimate of drug-likeness (QED) is 0.805. The van der Waals surface area contributed by atoms with Crippen molar-refractivity contribution in [2.45, 2.75) is 13.8 Å². The maximum atomic E-state index is 12.0. The minimum absolute atomic E-state index is 0.0205. The van der Waals surface area contributed by atoms with Gasteiger partial charge in [0.2, 0.25) is 5.91 Å². The zero-order valence-electron chi connectivity index (χ0n) is 11.9. The summed E-state index contributed by atoms with van der Waals surface area (Å²) in [6.45, 7) is 4.23. The van der Waals surface area contributed by atoms with E-state index in [1.54, 1.807) is 23.1 Å². The van der Waals surface area contributed by atoms with Crippen molar-refractivity contribution in [1.82, 2.24) is 4.90 Å². The molecular weight excluding hydrogens is 315 g/mol. The van der Waals surface area contributed by atoms with Gasteiger partial charge >= 0.3 is 5.97 Å². The van der Waals surface area contributed by atoms with E-state index in [0.29, 0.717) is 17.3 Å². The molecule has 0 unspecified atom stereocenters. The van der Waals surface area contributed by atoms with E-state index < -0.39 is 5.97 Å². The number of amides is 1. The number of rotatable bonds is 7. The van der Waals surface area contributed by atoms with Crippen molar-refractivity contribution in [2.24, 2.45) is 5.92 Å². The molecule has 7 heteroatoms. The SMILES string of the molecule is CC(C)CN(CC(=O)O)CC(=O)Nc1cccc(Cl)c1Cl. The molecule has 0 heterocycles. The van der Waals surface area contributed by atoms with Crippen LogP contribution in [0.4, 0.5) is 5.69 Å². The summed E-state index contributed by atoms with van der Waals surface area (Å²) >= 11 is 11.9. The first-order valence-corrected chi connectivity index (χ1v) is 7.23. The zero-order valence-corrected chi connectivity index (χ0v) is 13.4. The highest BCUT2D eigenvalue weighted by atomic mass is 35.5. The average Bonchev–Trinajstić information content (AvgIpc) is 2.33. The molecular formula is C14H18Cl2N2O3. The molecule has 0 aromatic heterocycles. The second kappa shape index (κ2) is 8.22. The minimum Gasteiger partial charge on any atom is -0.480 e. The third-order valence-corrected chi connectivity index (χ3v) is 3.39. The smallest absolute Gasteiger partial charge is 0.317 e. The van der Waals surface area contributed by atoms with Gasteiger partial charge in [0.1, 0.15) is 0 Å². The lowest BCUT2D eigenvalue weighted by molar-refractivity contribution is -0.138. The highest BCUT2D eigenvalue weighted by Gasteiger charge is 2.16. The number of halogens is 2. The van der Waals surface area contributed by atoms with Crippen LogP contribution in [-0.2, 0) is 9.59 Å². The van der Waals surface area contributed by atoms with Crippen LogP contribution >= 0.6 is 23.2 Å². The van der Waals surface area contributed by atoms with Gasteiger partial charge in [-0.2, -0.15) is 0 Å². The van der Waals surface area contributed by atoms with Crippen LogP contribution in [0.2, 0.25) is 10.0 Å². The Hall–Kier alpha value is -1.30. The zero-order chi connectivity index (χ0) is 16.0. The molecule has 116 valence electrons. The number of carbonyl (C=O) groups excluding carboxylic acids is 1. The van der Waals surface area contributed by atoms with Gasteiger partial charge in [-0.3, -0.25) is 14.5 Å². The molecule has 1 aromatic rings. The number of aliphatic carboxylic acids is 1. The Bertz CT molecular complexity index is 521. The second-order valence-corrected chi connectivity index (χ2v) is 5.89. The van der Waals surface area contributed by atoms with Crippen molar-refractivity contribution < 1.29 is 14.7 Å². The number of carboxylic acid groups (broad SMARTS) is 1. The Morgan fingerprint density at radius 2 is 1.95 bits per heavy atom. The summed E-state index contributed by atoms with van der Waals surface area (Å²) in [4.78, 5) is 24.4. The maximum absolute atomic E-state index is 12.0. The van der Waals surface area contributed by atoms with Crippen LogP contribution in [-0.4, -0.2) is 41.5 Å². The minimum atomic E-state index is -0.968. The topological polar surface area (TPSA) is 69.6 Å². The number of hydrogen-bond acceptors (Lipinski definition) is 3. The fourth-order valence-electron chi connectivity index (χ4n) is 1.89. The highest BCUT2D eigenvalue weighted by Crippen LogP contribution is 2.29. The van der Waals surface area contributed by atoms with Gasteiger partial charge in [-0.05, 0) is 18.1 Å². The summed E-state index contributed by atoms with van der Waals surface area (Å²) in [6, 6.07) is 4.93. The molecule has 0 saturated carbocycles. The van der Waals surface area contributed by atoms with E-state index in [2.05, 4.69) is 5.32 Å². The van der Waals surface area contributed by atoms with Crippen molar-refractivity contribution in [3.63, 3.8) is 0 Å². The maximum Gasteiger partial charge on any atom is 0.317 e. The fraction of sp³-hybridized carbons (Fsp3) is 0.429. The van der Waals surface area contributed by atoms with E-state index in [1.807, 2.05) is 13.8 Å². The molecule has 0 saturated heterocycles. The molecule has 2 N–H and O–H groups in total. The van der Waals surface area contributed by atoms with Gasteiger partial charge in [-0.15, -0.1) is 0 Å². The van der Waals surface area contributed by atoms with Crippen LogP contribution in [0, 0.1) is 5.92 Å². The molecule has 21 heavy (non-hydrogen) atoms. The Labute approximate surface area is 133 Å². The van der Waals surface area contributed by atoms with E-state index >= 15 is 0 Å². The Morgan fingerprint density at radius 1 is 1.29 bits per heavy atom. The molecule has 0 radical (unpaired) electrons. The van der Waals surface area contributed by atoms with Gasteiger partial charge in [0, 0.05) is 6.54 Å². The van der Waals surface area contributed by atoms with E-state index in [1.165, 1.54) is 0 Å². The number of carbonyl (C=O) groups is 2. The van der Waals surface area contributed by atoms with Gasteiger partial charge in [0.05, 0.1) is 28.8 Å². The number of anilines is 1. The van der Waals surface area contributed by atoms with Gasteiger partial charge < -0.3 is 10.4 Å². The van der Waals surface area contributed by atoms with Crippen molar-refractivity contribution in [2.75, 3.05) is 25.0 Å². The van der Waals surface area contributed by atoms with E-state index in [4.69, 9.17) is 28.3 Å². The molecule has 0 spiro atoms. The second-order valence-electron chi connectivity index (χ2n) is 5.11. The molecule has 1 amide bonds. The Morgan fingerprint density at radius 3 is 2.52 bits per heavy atom. The van der Waals surface area contributed by atoms with Crippen molar-refractivity contribution >= 4 is 40.8 Å². The predicted octanol–water partition coefficient (Wildman–Crippen LogP) is 2.97. The van der Waals surface area contributed by atoms with E-state index in [9.17, 15) is 9.59 Å². The van der Waals surface area contributed by atoms with Gasteiger partial charge in [0.15, 0.2) is 0 Å². The monoisotopic (exact) mass is 332 g/mol. The number of carboxylic acids is 1. The first-order valence-electron chi connectivity index (χ1n) is 6.47. The van der Waals surface area contributed by atoms with Crippen LogP contribution in [0.1, 0.15) is 13.8 Å². The lowest BCUT2D eigenvalue weighted by Crippen LogP contribution is -2.39. The molecule has 1 rings (SSSR count). The molecule has 0 atom stereocenters. The largest absolute Gasteiger partial charge is 0.480 e. The first-order chi connectivity index (χ1) is 9.79. The van der Waals surface area contributed by atoms with Crippen LogP contribution in [0.15, 0.2) is 18.2 Å². The van der Waals surface area contributed by atoms with Crippen molar-refractivity contribution in [3.05, 3.63) is 28.2 Å². The predicted molar refractivity (Wildman–Crippen MR) is 84.0 cm³/mol. The summed E-state index contributed by atoms with van der Waals surface area (Å²) in [5.74, 6) is -1.04. The third-order valence-electron chi connectivity index (χ3n) is 2.58. The van der Waals surface area contributed by atoms with E-state index in [0.717, 1.165) is 0 Å². The van der Waals surface area contributed by atoms with Crippen LogP contribution in [0.5, 0.6) is 0 Å². The van der Waals surface area contributed by atoms with Crippen LogP contribution in [0.3, 0.4) is 0 Å². The third kappa shape index (κ3) is 6.33. The summed E-state index contributed by atoms with van der Waals surface area (Å²) in [5, 5.41) is 12.1. The Kier molecular flexibility index (Phi) is 6.95. The number of benzene rings is 1. The normalized spacial score (nSPS) is 11.0.